The van der Waals surface area contributed by atoms with Crippen LogP contribution in [-0.2, 0) is 11.2 Å². The van der Waals surface area contributed by atoms with Crippen molar-refractivity contribution in [3.63, 3.8) is 0 Å². The topological polar surface area (TPSA) is 63.2 Å². The van der Waals surface area contributed by atoms with Gasteiger partial charge in [0.15, 0.2) is 0 Å². The van der Waals surface area contributed by atoms with Crippen LogP contribution < -0.4 is 15.4 Å². The number of hydrogen-bond donors (Lipinski definition) is 2. The summed E-state index contributed by atoms with van der Waals surface area (Å²) in [5.74, 6) is 0.880. The van der Waals surface area contributed by atoms with Crippen molar-refractivity contribution in [1.82, 2.24) is 4.98 Å². The number of carbonyl (C=O) groups is 1. The molecule has 2 N–H and O–H groups in total. The van der Waals surface area contributed by atoms with Gasteiger partial charge in [-0.25, -0.2) is 4.98 Å². The Morgan fingerprint density at radius 3 is 3.05 bits per heavy atom. The first-order chi connectivity index (χ1) is 10.7. The zero-order valence-electron chi connectivity index (χ0n) is 11.9. The van der Waals surface area contributed by atoms with Crippen molar-refractivity contribution in [2.45, 2.75) is 12.8 Å². The lowest BCUT2D eigenvalue weighted by Gasteiger charge is -2.17. The van der Waals surface area contributed by atoms with E-state index in [9.17, 15) is 4.79 Å². The van der Waals surface area contributed by atoms with E-state index in [-0.39, 0.29) is 5.91 Å². The predicted molar refractivity (Wildman–Crippen MR) is 86.6 cm³/mol. The Kier molecular flexibility index (Phi) is 4.44. The molecule has 0 fully saturated rings. The SMILES string of the molecule is O=C1CCc2cc(OCCNc3ccnc(Cl)c3)ccc2N1. The van der Waals surface area contributed by atoms with Gasteiger partial charge in [0.25, 0.3) is 0 Å². The van der Waals surface area contributed by atoms with Crippen LogP contribution in [0.2, 0.25) is 5.15 Å². The fourth-order valence-electron chi connectivity index (χ4n) is 2.33. The highest BCUT2D eigenvalue weighted by molar-refractivity contribution is 6.29. The van der Waals surface area contributed by atoms with Gasteiger partial charge in [0.2, 0.25) is 5.91 Å². The number of halogens is 1. The van der Waals surface area contributed by atoms with Gasteiger partial charge in [-0.15, -0.1) is 0 Å². The van der Waals surface area contributed by atoms with Gasteiger partial charge in [-0.1, -0.05) is 11.6 Å². The maximum atomic E-state index is 11.3. The van der Waals surface area contributed by atoms with Crippen LogP contribution in [0.1, 0.15) is 12.0 Å². The van der Waals surface area contributed by atoms with E-state index in [0.29, 0.717) is 24.7 Å². The molecule has 0 radical (unpaired) electrons. The lowest BCUT2D eigenvalue weighted by atomic mass is 10.0. The summed E-state index contributed by atoms with van der Waals surface area (Å²) >= 11 is 5.82. The molecular formula is C16H16ClN3O2. The molecule has 2 heterocycles. The number of aromatic nitrogens is 1. The van der Waals surface area contributed by atoms with E-state index in [1.54, 1.807) is 12.3 Å². The van der Waals surface area contributed by atoms with Gasteiger partial charge < -0.3 is 15.4 Å². The fourth-order valence-corrected chi connectivity index (χ4v) is 2.50. The summed E-state index contributed by atoms with van der Waals surface area (Å²) < 4.78 is 5.73. The van der Waals surface area contributed by atoms with Gasteiger partial charge >= 0.3 is 0 Å². The van der Waals surface area contributed by atoms with Crippen molar-refractivity contribution < 1.29 is 9.53 Å². The van der Waals surface area contributed by atoms with Crippen molar-refractivity contribution in [2.75, 3.05) is 23.8 Å². The largest absolute Gasteiger partial charge is 0.492 e. The molecule has 0 bridgehead atoms. The number of benzene rings is 1. The number of carbonyl (C=O) groups excluding carboxylic acids is 1. The number of anilines is 2. The molecule has 5 nitrogen and oxygen atoms in total. The highest BCUT2D eigenvalue weighted by Crippen LogP contribution is 2.26. The van der Waals surface area contributed by atoms with Crippen molar-refractivity contribution in [2.24, 2.45) is 0 Å². The maximum absolute atomic E-state index is 11.3. The second-order valence-electron chi connectivity index (χ2n) is 5.01. The molecule has 114 valence electrons. The number of pyridine rings is 1. The van der Waals surface area contributed by atoms with E-state index >= 15 is 0 Å². The standard InChI is InChI=1S/C16H16ClN3O2/c17-15-10-12(5-6-19-15)18-7-8-22-13-2-3-14-11(9-13)1-4-16(21)20-14/h2-3,5-6,9-10H,1,4,7-8H2,(H,18,19)(H,20,21). The second-order valence-corrected chi connectivity index (χ2v) is 5.40. The molecule has 1 aliphatic heterocycles. The minimum atomic E-state index is 0.0707. The molecule has 1 amide bonds. The monoisotopic (exact) mass is 317 g/mol. The first-order valence-corrected chi connectivity index (χ1v) is 7.49. The summed E-state index contributed by atoms with van der Waals surface area (Å²) in [7, 11) is 0. The van der Waals surface area contributed by atoms with Gasteiger partial charge in [-0.2, -0.15) is 0 Å². The molecule has 0 atom stereocenters. The third-order valence-electron chi connectivity index (χ3n) is 3.40. The summed E-state index contributed by atoms with van der Waals surface area (Å²) in [6, 6.07) is 9.36. The summed E-state index contributed by atoms with van der Waals surface area (Å²) in [4.78, 5) is 15.2. The average Bonchev–Trinajstić information content (AvgIpc) is 2.52. The number of fused-ring (bicyclic) bond motifs is 1. The van der Waals surface area contributed by atoms with Crippen LogP contribution in [0.4, 0.5) is 11.4 Å². The lowest BCUT2D eigenvalue weighted by Crippen LogP contribution is -2.19. The van der Waals surface area contributed by atoms with E-state index in [4.69, 9.17) is 16.3 Å². The molecule has 0 saturated carbocycles. The van der Waals surface area contributed by atoms with Crippen molar-refractivity contribution in [1.29, 1.82) is 0 Å². The van der Waals surface area contributed by atoms with Crippen LogP contribution >= 0.6 is 11.6 Å². The molecule has 0 spiro atoms. The molecule has 22 heavy (non-hydrogen) atoms. The number of hydrogen-bond acceptors (Lipinski definition) is 4. The molecule has 0 aliphatic carbocycles. The van der Waals surface area contributed by atoms with Crippen molar-refractivity contribution >= 4 is 28.9 Å². The maximum Gasteiger partial charge on any atom is 0.224 e. The zero-order valence-corrected chi connectivity index (χ0v) is 12.7. The van der Waals surface area contributed by atoms with E-state index in [0.717, 1.165) is 29.1 Å². The van der Waals surface area contributed by atoms with Gasteiger partial charge in [-0.05, 0) is 42.3 Å². The van der Waals surface area contributed by atoms with Crippen molar-refractivity contribution in [3.05, 3.63) is 47.2 Å². The van der Waals surface area contributed by atoms with Crippen LogP contribution in [0.3, 0.4) is 0 Å². The van der Waals surface area contributed by atoms with Crippen LogP contribution in [0.15, 0.2) is 36.5 Å². The Balaban J connectivity index is 1.51. The van der Waals surface area contributed by atoms with E-state index in [1.165, 1.54) is 0 Å². The summed E-state index contributed by atoms with van der Waals surface area (Å²) in [6.45, 7) is 1.19. The molecule has 3 rings (SSSR count). The molecule has 1 aliphatic rings. The first kappa shape index (κ1) is 14.7. The number of nitrogens with zero attached hydrogens (tertiary/aromatic N) is 1. The van der Waals surface area contributed by atoms with Crippen LogP contribution in [-0.4, -0.2) is 24.0 Å². The Morgan fingerprint density at radius 1 is 1.27 bits per heavy atom. The van der Waals surface area contributed by atoms with E-state index in [1.807, 2.05) is 24.3 Å². The van der Waals surface area contributed by atoms with Gasteiger partial charge in [0.1, 0.15) is 17.5 Å². The average molecular weight is 318 g/mol. The Labute approximate surface area is 133 Å². The first-order valence-electron chi connectivity index (χ1n) is 7.12. The Hall–Kier alpha value is -2.27. The molecular weight excluding hydrogens is 302 g/mol. The second kappa shape index (κ2) is 6.66. The number of rotatable bonds is 5. The summed E-state index contributed by atoms with van der Waals surface area (Å²) in [5.41, 5.74) is 2.91. The number of aryl methyl sites for hydroxylation is 1. The normalized spacial score (nSPS) is 13.2. The van der Waals surface area contributed by atoms with E-state index in [2.05, 4.69) is 15.6 Å². The highest BCUT2D eigenvalue weighted by Gasteiger charge is 2.14. The summed E-state index contributed by atoms with van der Waals surface area (Å²) in [6.07, 6.45) is 2.94. The van der Waals surface area contributed by atoms with Gasteiger partial charge in [0.05, 0.1) is 0 Å². The number of nitrogens with one attached hydrogen (secondary N) is 2. The predicted octanol–water partition coefficient (Wildman–Crippen LogP) is 3.11. The molecule has 0 saturated heterocycles. The quantitative estimate of drug-likeness (QED) is 0.657. The smallest absolute Gasteiger partial charge is 0.224 e. The minimum Gasteiger partial charge on any atom is -0.492 e. The molecule has 2 aromatic rings. The zero-order chi connectivity index (χ0) is 15.4. The third kappa shape index (κ3) is 3.68. The Morgan fingerprint density at radius 2 is 2.18 bits per heavy atom. The molecule has 1 aromatic heterocycles. The third-order valence-corrected chi connectivity index (χ3v) is 3.61. The van der Waals surface area contributed by atoms with Crippen LogP contribution in [0.25, 0.3) is 0 Å². The highest BCUT2D eigenvalue weighted by atomic mass is 35.5. The Bertz CT molecular complexity index is 691. The van der Waals surface area contributed by atoms with Gasteiger partial charge in [-0.3, -0.25) is 4.79 Å². The molecule has 1 aromatic carbocycles. The summed E-state index contributed by atoms with van der Waals surface area (Å²) in [5, 5.41) is 6.53. The van der Waals surface area contributed by atoms with Crippen LogP contribution in [0, 0.1) is 0 Å². The van der Waals surface area contributed by atoms with Gasteiger partial charge in [0, 0.05) is 30.5 Å². The molecule has 0 unspecified atom stereocenters. The number of ether oxygens (including phenoxy) is 1. The minimum absolute atomic E-state index is 0.0707. The lowest BCUT2D eigenvalue weighted by molar-refractivity contribution is -0.116. The van der Waals surface area contributed by atoms with Crippen LogP contribution in [0.5, 0.6) is 5.75 Å². The van der Waals surface area contributed by atoms with E-state index < -0.39 is 0 Å². The molecule has 6 heteroatoms. The fraction of sp³-hybridized carbons (Fsp3) is 0.250. The number of amides is 1. The van der Waals surface area contributed by atoms with Crippen molar-refractivity contribution in [3.8, 4) is 5.75 Å².